The number of halogens is 3. The molecule has 12 heteroatoms. The molecule has 42 heavy (non-hydrogen) atoms. The Hall–Kier alpha value is -2.54. The van der Waals surface area contributed by atoms with Gasteiger partial charge < -0.3 is 24.1 Å². The first kappa shape index (κ1) is 30.9. The lowest BCUT2D eigenvalue weighted by Crippen LogP contribution is -2.75. The van der Waals surface area contributed by atoms with Crippen LogP contribution in [0, 0.1) is 12.8 Å². The van der Waals surface area contributed by atoms with E-state index in [9.17, 15) is 27.3 Å². The topological polar surface area (TPSA) is 98.7 Å². The monoisotopic (exact) mass is 608 g/mol. The summed E-state index contributed by atoms with van der Waals surface area (Å²) in [7, 11) is 0. The molecule has 1 atom stereocenters. The molecule has 1 aromatic heterocycles. The number of carbonyl (C=O) groups excluding carboxylic acids is 2. The van der Waals surface area contributed by atoms with Crippen molar-refractivity contribution in [3.8, 4) is 11.3 Å². The fraction of sp³-hybridized carbons (Fsp3) is 0.600. The van der Waals surface area contributed by atoms with E-state index in [-0.39, 0.29) is 23.3 Å². The van der Waals surface area contributed by atoms with Crippen molar-refractivity contribution in [3.05, 3.63) is 41.1 Å². The third-order valence-corrected chi connectivity index (χ3v) is 9.79. The molecule has 1 saturated carbocycles. The van der Waals surface area contributed by atoms with Gasteiger partial charge in [0, 0.05) is 31.0 Å². The van der Waals surface area contributed by atoms with Gasteiger partial charge in [0.15, 0.2) is 4.90 Å². The minimum absolute atomic E-state index is 0.000736. The largest absolute Gasteiger partial charge is 0.593 e. The number of morpholine rings is 1. The first-order chi connectivity index (χ1) is 19.7. The normalized spacial score (nSPS) is 20.4. The lowest BCUT2D eigenvalue weighted by atomic mass is 9.88. The Labute approximate surface area is 247 Å². The molecule has 2 aliphatic heterocycles. The van der Waals surface area contributed by atoms with E-state index >= 15 is 0 Å². The Morgan fingerprint density at radius 3 is 2.48 bits per heavy atom. The zero-order chi connectivity index (χ0) is 30.4. The van der Waals surface area contributed by atoms with Gasteiger partial charge in [0.1, 0.15) is 12.2 Å². The average Bonchev–Trinajstić information content (AvgIpc) is 3.21. The summed E-state index contributed by atoms with van der Waals surface area (Å²) in [5, 5.41) is 2.93. The molecule has 2 aromatic rings. The van der Waals surface area contributed by atoms with Crippen LogP contribution in [0.25, 0.3) is 11.3 Å². The van der Waals surface area contributed by atoms with Gasteiger partial charge in [-0.2, -0.15) is 13.2 Å². The molecule has 2 saturated heterocycles. The maximum atomic E-state index is 14.3. The van der Waals surface area contributed by atoms with Crippen molar-refractivity contribution in [1.82, 2.24) is 19.5 Å². The number of benzene rings is 1. The maximum absolute atomic E-state index is 14.3. The highest BCUT2D eigenvalue weighted by molar-refractivity contribution is 7.89. The fourth-order valence-electron chi connectivity index (χ4n) is 6.25. The lowest BCUT2D eigenvalue weighted by Gasteiger charge is -2.51. The van der Waals surface area contributed by atoms with Crippen LogP contribution in [-0.2, 0) is 33.6 Å². The summed E-state index contributed by atoms with van der Waals surface area (Å²) in [6, 6.07) is 5.56. The molecule has 3 fully saturated rings. The number of likely N-dealkylation sites (tertiary alicyclic amines) is 1. The summed E-state index contributed by atoms with van der Waals surface area (Å²) in [5.41, 5.74) is -0.266. The zero-order valence-electron chi connectivity index (χ0n) is 24.5. The summed E-state index contributed by atoms with van der Waals surface area (Å²) in [6.07, 6.45) is 0.709. The number of nitrogens with one attached hydrogen (secondary N) is 2. The number of hydrogen-bond acceptors (Lipinski definition) is 5. The van der Waals surface area contributed by atoms with Crippen LogP contribution in [0.15, 0.2) is 29.2 Å². The molecule has 5 rings (SSSR count). The summed E-state index contributed by atoms with van der Waals surface area (Å²) < 4.78 is 66.0. The number of aromatic nitrogens is 1. The van der Waals surface area contributed by atoms with Crippen molar-refractivity contribution in [2.24, 2.45) is 5.92 Å². The Morgan fingerprint density at radius 1 is 1.17 bits per heavy atom. The fourth-order valence-corrected chi connectivity index (χ4v) is 7.48. The van der Waals surface area contributed by atoms with Crippen LogP contribution in [0.5, 0.6) is 0 Å². The Balaban J connectivity index is 1.51. The van der Waals surface area contributed by atoms with E-state index in [2.05, 4.69) is 10.0 Å². The molecule has 2 amide bonds. The van der Waals surface area contributed by atoms with Gasteiger partial charge in [0.25, 0.3) is 5.91 Å². The quantitative estimate of drug-likeness (QED) is 0.459. The number of hydrogen-bond donors (Lipinski definition) is 2. The second-order valence-electron chi connectivity index (χ2n) is 13.0. The molecule has 3 aliphatic rings. The van der Waals surface area contributed by atoms with Crippen molar-refractivity contribution in [2.45, 2.75) is 88.5 Å². The second-order valence-corrected chi connectivity index (χ2v) is 14.1. The van der Waals surface area contributed by atoms with E-state index in [1.54, 1.807) is 37.8 Å². The Bertz CT molecular complexity index is 1340. The predicted molar refractivity (Wildman–Crippen MR) is 153 cm³/mol. The van der Waals surface area contributed by atoms with Crippen molar-refractivity contribution >= 4 is 23.2 Å². The highest BCUT2D eigenvalue weighted by Gasteiger charge is 2.49. The molecule has 8 nitrogen and oxygen atoms in total. The molecular weight excluding hydrogens is 569 g/mol. The third kappa shape index (κ3) is 6.51. The number of carbonyl (C=O) groups is 2. The van der Waals surface area contributed by atoms with Gasteiger partial charge in [-0.3, -0.25) is 9.59 Å². The highest BCUT2D eigenvalue weighted by atomic mass is 32.2. The smallest absolute Gasteiger partial charge is 0.421 e. The summed E-state index contributed by atoms with van der Waals surface area (Å²) in [6.45, 7) is 8.59. The molecule has 230 valence electrons. The molecule has 0 radical (unpaired) electrons. The summed E-state index contributed by atoms with van der Waals surface area (Å²) in [4.78, 5) is 26.8. The first-order valence-electron chi connectivity index (χ1n) is 14.5. The van der Waals surface area contributed by atoms with E-state index in [1.165, 1.54) is 12.5 Å². The molecular formula is C30H39F3N4O4S. The van der Waals surface area contributed by atoms with Gasteiger partial charge in [0.05, 0.1) is 34.6 Å². The highest BCUT2D eigenvalue weighted by Crippen LogP contribution is 2.39. The predicted octanol–water partition coefficient (Wildman–Crippen LogP) is 4.81. The Kier molecular flexibility index (Phi) is 8.47. The molecule has 1 unspecified atom stereocenters. The average molecular weight is 609 g/mol. The minimum atomic E-state index is -4.73. The van der Waals surface area contributed by atoms with E-state index in [1.807, 2.05) is 11.5 Å². The number of amides is 2. The van der Waals surface area contributed by atoms with E-state index in [4.69, 9.17) is 4.74 Å². The minimum Gasteiger partial charge on any atom is -0.593 e. The van der Waals surface area contributed by atoms with Gasteiger partial charge in [0.2, 0.25) is 5.91 Å². The van der Waals surface area contributed by atoms with Crippen LogP contribution in [0.2, 0.25) is 0 Å². The number of ether oxygens (including phenoxy) is 1. The third-order valence-electron chi connectivity index (χ3n) is 8.23. The van der Waals surface area contributed by atoms with Crippen molar-refractivity contribution in [2.75, 3.05) is 26.3 Å². The van der Waals surface area contributed by atoms with Crippen LogP contribution >= 0.6 is 0 Å². The second kappa shape index (κ2) is 11.5. The number of alkyl halides is 3. The van der Waals surface area contributed by atoms with Crippen LogP contribution in [-0.4, -0.2) is 63.2 Å². The Morgan fingerprint density at radius 2 is 1.86 bits per heavy atom. The summed E-state index contributed by atoms with van der Waals surface area (Å²) >= 11 is -2.08. The first-order valence-corrected chi connectivity index (χ1v) is 15.6. The van der Waals surface area contributed by atoms with Gasteiger partial charge in [-0.05, 0) is 76.3 Å². The van der Waals surface area contributed by atoms with Crippen LogP contribution < -0.4 is 10.0 Å². The number of rotatable bonds is 6. The van der Waals surface area contributed by atoms with Gasteiger partial charge in [-0.25, -0.2) is 0 Å². The number of nitrogens with zero attached hydrogens (tertiary/aromatic N) is 2. The summed E-state index contributed by atoms with van der Waals surface area (Å²) in [5.74, 6) is -0.0870. The van der Waals surface area contributed by atoms with Crippen molar-refractivity contribution in [1.29, 1.82) is 0 Å². The van der Waals surface area contributed by atoms with E-state index in [0.717, 1.165) is 31.7 Å². The van der Waals surface area contributed by atoms with Crippen LogP contribution in [0.1, 0.15) is 74.5 Å². The van der Waals surface area contributed by atoms with Gasteiger partial charge in [-0.15, -0.1) is 4.72 Å². The van der Waals surface area contributed by atoms with Crippen molar-refractivity contribution in [3.63, 3.8) is 0 Å². The SMILES string of the molecule is Cc1c(C(=O)N2CC3(COCC(=O)N3)C2)cc(-c2ccc([S+]([O-])NC(C)(C)C)c(C(F)(F)F)c2)n1CC1CCCCC1. The van der Waals surface area contributed by atoms with Crippen molar-refractivity contribution < 1.29 is 32.0 Å². The standard InChI is InChI=1S/C30H39F3N4O4S/c1-19-22(27(39)36-16-29(17-36)18-41-15-26(38)34-29)13-24(37(19)14-20-8-6-5-7-9-20)21-10-11-25(23(12-21)30(31,32)33)42(40)35-28(2,3)4/h10-13,20,35H,5-9,14-18H2,1-4H3,(H,34,38). The molecule has 2 N–H and O–H groups in total. The van der Waals surface area contributed by atoms with E-state index < -0.39 is 34.2 Å². The molecule has 1 spiro atoms. The molecule has 1 aliphatic carbocycles. The van der Waals surface area contributed by atoms with Crippen LogP contribution in [0.3, 0.4) is 0 Å². The molecule has 0 bridgehead atoms. The zero-order valence-corrected chi connectivity index (χ0v) is 25.3. The van der Waals surface area contributed by atoms with E-state index in [0.29, 0.717) is 54.7 Å². The van der Waals surface area contributed by atoms with Gasteiger partial charge >= 0.3 is 6.18 Å². The molecule has 3 heterocycles. The maximum Gasteiger partial charge on any atom is 0.421 e. The molecule has 1 aromatic carbocycles. The van der Waals surface area contributed by atoms with Crippen LogP contribution in [0.4, 0.5) is 13.2 Å². The lowest BCUT2D eigenvalue weighted by molar-refractivity contribution is -0.141. The van der Waals surface area contributed by atoms with Gasteiger partial charge in [-0.1, -0.05) is 19.3 Å².